The molecule has 0 saturated heterocycles. The zero-order chi connectivity index (χ0) is 19.2. The first-order chi connectivity index (χ1) is 13.1. The van der Waals surface area contributed by atoms with Crippen molar-refractivity contribution in [2.75, 3.05) is 21.3 Å². The standard InChI is InChI=1S/C20H21N3O4/c1-25-17-10-14(11-18(26-2)20(17)27-3)7-8-19(24)21-13-15-12-16-6-4-5-9-23(16)22-15/h4-12H,13H2,1-3H3,(H,21,24)/b8-7+. The van der Waals surface area contributed by atoms with E-state index in [0.717, 1.165) is 16.8 Å². The summed E-state index contributed by atoms with van der Waals surface area (Å²) in [4.78, 5) is 12.1. The average Bonchev–Trinajstić information content (AvgIpc) is 3.12. The van der Waals surface area contributed by atoms with Crippen LogP contribution in [-0.4, -0.2) is 36.9 Å². The number of ether oxygens (including phenoxy) is 3. The van der Waals surface area contributed by atoms with E-state index in [1.807, 2.05) is 30.5 Å². The van der Waals surface area contributed by atoms with Crippen LogP contribution in [0.4, 0.5) is 0 Å². The zero-order valence-corrected chi connectivity index (χ0v) is 15.4. The lowest BCUT2D eigenvalue weighted by Gasteiger charge is -2.12. The van der Waals surface area contributed by atoms with Gasteiger partial charge in [0.15, 0.2) is 11.5 Å². The highest BCUT2D eigenvalue weighted by Gasteiger charge is 2.12. The Hall–Kier alpha value is -3.48. The number of rotatable bonds is 7. The van der Waals surface area contributed by atoms with Gasteiger partial charge in [0, 0.05) is 12.3 Å². The highest BCUT2D eigenvalue weighted by atomic mass is 16.5. The van der Waals surface area contributed by atoms with Crippen molar-refractivity contribution in [1.29, 1.82) is 0 Å². The number of benzene rings is 1. The van der Waals surface area contributed by atoms with Crippen molar-refractivity contribution in [3.63, 3.8) is 0 Å². The van der Waals surface area contributed by atoms with Gasteiger partial charge in [-0.3, -0.25) is 4.79 Å². The fraction of sp³-hybridized carbons (Fsp3) is 0.200. The fourth-order valence-corrected chi connectivity index (χ4v) is 2.68. The molecule has 0 saturated carbocycles. The highest BCUT2D eigenvalue weighted by molar-refractivity contribution is 5.91. The van der Waals surface area contributed by atoms with Crippen LogP contribution >= 0.6 is 0 Å². The lowest BCUT2D eigenvalue weighted by Crippen LogP contribution is -2.20. The molecule has 0 aliphatic heterocycles. The monoisotopic (exact) mass is 367 g/mol. The lowest BCUT2D eigenvalue weighted by atomic mass is 10.1. The Bertz CT molecular complexity index is 920. The van der Waals surface area contributed by atoms with Crippen LogP contribution < -0.4 is 19.5 Å². The number of nitrogens with one attached hydrogen (secondary N) is 1. The Balaban J connectivity index is 1.67. The second kappa shape index (κ2) is 8.27. The number of hydrogen-bond donors (Lipinski definition) is 1. The van der Waals surface area contributed by atoms with Crippen LogP contribution in [0.5, 0.6) is 17.2 Å². The van der Waals surface area contributed by atoms with E-state index >= 15 is 0 Å². The van der Waals surface area contributed by atoms with E-state index in [2.05, 4.69) is 10.4 Å². The Morgan fingerprint density at radius 2 is 1.85 bits per heavy atom. The van der Waals surface area contributed by atoms with Crippen molar-refractivity contribution in [3.05, 3.63) is 59.9 Å². The summed E-state index contributed by atoms with van der Waals surface area (Å²) in [5.74, 6) is 1.34. The molecule has 7 heteroatoms. The minimum absolute atomic E-state index is 0.221. The first kappa shape index (κ1) is 18.3. The molecule has 0 aliphatic rings. The van der Waals surface area contributed by atoms with Gasteiger partial charge in [0.1, 0.15) is 0 Å². The quantitative estimate of drug-likeness (QED) is 0.650. The SMILES string of the molecule is COc1cc(/C=C/C(=O)NCc2cc3ccccn3n2)cc(OC)c1OC. The minimum atomic E-state index is -0.221. The van der Waals surface area contributed by atoms with Crippen LogP contribution in [0.3, 0.4) is 0 Å². The molecule has 7 nitrogen and oxygen atoms in total. The average molecular weight is 367 g/mol. The van der Waals surface area contributed by atoms with Crippen molar-refractivity contribution in [1.82, 2.24) is 14.9 Å². The number of pyridine rings is 1. The van der Waals surface area contributed by atoms with Crippen molar-refractivity contribution < 1.29 is 19.0 Å². The van der Waals surface area contributed by atoms with Crippen LogP contribution in [0.2, 0.25) is 0 Å². The van der Waals surface area contributed by atoms with Gasteiger partial charge in [0.2, 0.25) is 11.7 Å². The summed E-state index contributed by atoms with van der Waals surface area (Å²) in [5, 5.41) is 7.22. The van der Waals surface area contributed by atoms with Crippen LogP contribution in [0.25, 0.3) is 11.6 Å². The van der Waals surface area contributed by atoms with E-state index in [1.54, 1.807) is 44.1 Å². The summed E-state index contributed by atoms with van der Waals surface area (Å²) in [6, 6.07) is 11.3. The van der Waals surface area contributed by atoms with Crippen LogP contribution in [-0.2, 0) is 11.3 Å². The Morgan fingerprint density at radius 3 is 2.48 bits per heavy atom. The van der Waals surface area contributed by atoms with Gasteiger partial charge in [0.05, 0.1) is 39.1 Å². The summed E-state index contributed by atoms with van der Waals surface area (Å²) in [6.45, 7) is 0.347. The minimum Gasteiger partial charge on any atom is -0.493 e. The van der Waals surface area contributed by atoms with Gasteiger partial charge in [-0.15, -0.1) is 0 Å². The first-order valence-corrected chi connectivity index (χ1v) is 8.34. The van der Waals surface area contributed by atoms with E-state index in [-0.39, 0.29) is 5.91 Å². The second-order valence-electron chi connectivity index (χ2n) is 5.72. The number of fused-ring (bicyclic) bond motifs is 1. The third kappa shape index (κ3) is 4.20. The van der Waals surface area contributed by atoms with E-state index < -0.39 is 0 Å². The molecule has 3 rings (SSSR count). The molecule has 0 spiro atoms. The van der Waals surface area contributed by atoms with E-state index in [9.17, 15) is 4.79 Å². The smallest absolute Gasteiger partial charge is 0.244 e. The summed E-state index contributed by atoms with van der Waals surface area (Å²) >= 11 is 0. The number of carbonyl (C=O) groups is 1. The molecule has 2 heterocycles. The molecular formula is C20H21N3O4. The first-order valence-electron chi connectivity index (χ1n) is 8.34. The zero-order valence-electron chi connectivity index (χ0n) is 15.4. The van der Waals surface area contributed by atoms with Gasteiger partial charge >= 0.3 is 0 Å². The molecule has 27 heavy (non-hydrogen) atoms. The largest absolute Gasteiger partial charge is 0.493 e. The van der Waals surface area contributed by atoms with Gasteiger partial charge in [-0.1, -0.05) is 6.07 Å². The molecule has 0 unspecified atom stereocenters. The molecule has 0 atom stereocenters. The number of aromatic nitrogens is 2. The maximum absolute atomic E-state index is 12.1. The number of nitrogens with zero attached hydrogens (tertiary/aromatic N) is 2. The van der Waals surface area contributed by atoms with Gasteiger partial charge in [-0.25, -0.2) is 4.52 Å². The molecule has 140 valence electrons. The Labute approximate surface area is 157 Å². The van der Waals surface area contributed by atoms with Gasteiger partial charge in [0.25, 0.3) is 0 Å². The highest BCUT2D eigenvalue weighted by Crippen LogP contribution is 2.38. The van der Waals surface area contributed by atoms with Crippen LogP contribution in [0.1, 0.15) is 11.3 Å². The molecule has 0 fully saturated rings. The Morgan fingerprint density at radius 1 is 1.11 bits per heavy atom. The van der Waals surface area contributed by atoms with Gasteiger partial charge in [-0.05, 0) is 42.0 Å². The number of methoxy groups -OCH3 is 3. The van der Waals surface area contributed by atoms with Crippen LogP contribution in [0, 0.1) is 0 Å². The molecule has 0 radical (unpaired) electrons. The molecule has 1 aromatic carbocycles. The molecule has 2 aromatic heterocycles. The second-order valence-corrected chi connectivity index (χ2v) is 5.72. The maximum atomic E-state index is 12.1. The summed E-state index contributed by atoms with van der Waals surface area (Å²) in [6.07, 6.45) is 5.00. The molecule has 0 aliphatic carbocycles. The van der Waals surface area contributed by atoms with Crippen LogP contribution in [0.15, 0.2) is 48.7 Å². The fourth-order valence-electron chi connectivity index (χ4n) is 2.68. The third-order valence-electron chi connectivity index (χ3n) is 3.98. The summed E-state index contributed by atoms with van der Waals surface area (Å²) < 4.78 is 17.7. The molecule has 1 N–H and O–H groups in total. The van der Waals surface area contributed by atoms with Gasteiger partial charge < -0.3 is 19.5 Å². The lowest BCUT2D eigenvalue weighted by molar-refractivity contribution is -0.116. The number of amides is 1. The molecule has 0 bridgehead atoms. The van der Waals surface area contributed by atoms with E-state index in [0.29, 0.717) is 23.8 Å². The van der Waals surface area contributed by atoms with Crippen molar-refractivity contribution in [2.45, 2.75) is 6.54 Å². The maximum Gasteiger partial charge on any atom is 0.244 e. The third-order valence-corrected chi connectivity index (χ3v) is 3.98. The Kier molecular flexibility index (Phi) is 5.61. The van der Waals surface area contributed by atoms with E-state index in [4.69, 9.17) is 14.2 Å². The summed E-state index contributed by atoms with van der Waals surface area (Å²) in [5.41, 5.74) is 2.53. The number of hydrogen-bond acceptors (Lipinski definition) is 5. The molecule has 3 aromatic rings. The van der Waals surface area contributed by atoms with E-state index in [1.165, 1.54) is 6.08 Å². The van der Waals surface area contributed by atoms with Crippen molar-refractivity contribution in [3.8, 4) is 17.2 Å². The van der Waals surface area contributed by atoms with Crippen molar-refractivity contribution in [2.24, 2.45) is 0 Å². The predicted octanol–water partition coefficient (Wildman–Crippen LogP) is 2.69. The predicted molar refractivity (Wildman–Crippen MR) is 102 cm³/mol. The van der Waals surface area contributed by atoms with Crippen molar-refractivity contribution >= 4 is 17.5 Å². The normalized spacial score (nSPS) is 10.9. The molecular weight excluding hydrogens is 346 g/mol. The topological polar surface area (TPSA) is 74.1 Å². The number of carbonyl (C=O) groups excluding carboxylic acids is 1. The molecule has 1 amide bonds. The summed E-state index contributed by atoms with van der Waals surface area (Å²) in [7, 11) is 4.64. The van der Waals surface area contributed by atoms with Gasteiger partial charge in [-0.2, -0.15) is 5.10 Å².